The predicted octanol–water partition coefficient (Wildman–Crippen LogP) is 10.1. The molecule has 2 aromatic rings. The van der Waals surface area contributed by atoms with Crippen LogP contribution in [0.15, 0.2) is 133 Å². The van der Waals surface area contributed by atoms with Crippen LogP contribution < -0.4 is 9.80 Å². The predicted molar refractivity (Wildman–Crippen MR) is 209 cm³/mol. The minimum Gasteiger partial charge on any atom is -0.358 e. The third kappa shape index (κ3) is 5.22. The summed E-state index contributed by atoms with van der Waals surface area (Å²) in [6, 6.07) is 8.14. The number of anilines is 2. The molecular weight excluding hydrogens is 623 g/mol. The summed E-state index contributed by atoms with van der Waals surface area (Å²) in [6.45, 7) is 2.34. The molecule has 2 aliphatic heterocycles. The van der Waals surface area contributed by atoms with Crippen LogP contribution in [-0.2, 0) is 0 Å². The van der Waals surface area contributed by atoms with E-state index in [1.165, 1.54) is 48.3 Å². The average molecular weight is 670 g/mol. The number of rotatable bonds is 5. The molecule has 51 heavy (non-hydrogen) atoms. The molecule has 10 rings (SSSR count). The van der Waals surface area contributed by atoms with E-state index in [1.54, 1.807) is 5.57 Å². The van der Waals surface area contributed by atoms with Crippen molar-refractivity contribution in [3.8, 4) is 11.4 Å². The van der Waals surface area contributed by atoms with Gasteiger partial charge in [-0.3, -0.25) is 0 Å². The second kappa shape index (κ2) is 12.8. The molecule has 6 aliphatic carbocycles. The van der Waals surface area contributed by atoms with Crippen LogP contribution >= 0.6 is 0 Å². The zero-order valence-corrected chi connectivity index (χ0v) is 29.6. The van der Waals surface area contributed by atoms with Crippen LogP contribution in [0.3, 0.4) is 0 Å². The van der Waals surface area contributed by atoms with Crippen molar-refractivity contribution in [1.82, 2.24) is 15.0 Å². The molecule has 8 atom stereocenters. The Kier molecular flexibility index (Phi) is 7.77. The Morgan fingerprint density at radius 2 is 1.59 bits per heavy atom. The molecule has 0 N–H and O–H groups in total. The molecule has 0 saturated carbocycles. The SMILES string of the molecule is C[C@H]1CCCC=C1c1nc(-c2cc(N3C4C=CC=CC4C4CCC=CC43)ccc2N2C3=C(CCC=C3)C3C=CC=CC32)nc(C2C=CC=CC2)n1. The second-order valence-corrected chi connectivity index (χ2v) is 15.6. The maximum Gasteiger partial charge on any atom is 0.165 e. The van der Waals surface area contributed by atoms with E-state index in [9.17, 15) is 0 Å². The van der Waals surface area contributed by atoms with Crippen molar-refractivity contribution in [3.05, 3.63) is 144 Å². The van der Waals surface area contributed by atoms with Gasteiger partial charge in [-0.05, 0) is 98.6 Å². The lowest BCUT2D eigenvalue weighted by Crippen LogP contribution is -2.37. The fraction of sp³-hybridized carbons (Fsp3) is 0.370. The smallest absolute Gasteiger partial charge is 0.165 e. The van der Waals surface area contributed by atoms with Gasteiger partial charge in [0.15, 0.2) is 11.6 Å². The molecule has 256 valence electrons. The average Bonchev–Trinajstić information content (AvgIpc) is 3.71. The summed E-state index contributed by atoms with van der Waals surface area (Å²) in [5.74, 6) is 4.60. The van der Waals surface area contributed by atoms with E-state index in [0.717, 1.165) is 48.7 Å². The summed E-state index contributed by atoms with van der Waals surface area (Å²) < 4.78 is 0. The molecule has 5 heteroatoms. The first-order valence-corrected chi connectivity index (χ1v) is 19.5. The summed E-state index contributed by atoms with van der Waals surface area (Å²) >= 11 is 0. The first kappa shape index (κ1) is 31.0. The van der Waals surface area contributed by atoms with Gasteiger partial charge in [0.1, 0.15) is 5.82 Å². The summed E-state index contributed by atoms with van der Waals surface area (Å²) in [7, 11) is 0. The maximum atomic E-state index is 5.46. The molecular formula is C46H47N5. The monoisotopic (exact) mass is 669 g/mol. The topological polar surface area (TPSA) is 45.2 Å². The molecule has 1 aromatic heterocycles. The molecule has 0 radical (unpaired) electrons. The third-order valence-electron chi connectivity index (χ3n) is 12.7. The molecule has 0 bridgehead atoms. The van der Waals surface area contributed by atoms with Gasteiger partial charge in [-0.1, -0.05) is 104 Å². The second-order valence-electron chi connectivity index (χ2n) is 15.6. The van der Waals surface area contributed by atoms with Gasteiger partial charge in [-0.15, -0.1) is 0 Å². The van der Waals surface area contributed by atoms with Crippen LogP contribution in [-0.4, -0.2) is 33.1 Å². The number of fused-ring (bicyclic) bond motifs is 5. The molecule has 8 aliphatic rings. The van der Waals surface area contributed by atoms with Crippen LogP contribution in [0.1, 0.15) is 75.9 Å². The van der Waals surface area contributed by atoms with E-state index in [1.807, 2.05) is 0 Å². The summed E-state index contributed by atoms with van der Waals surface area (Å²) in [5, 5.41) is 0. The Balaban J connectivity index is 1.18. The highest BCUT2D eigenvalue weighted by Gasteiger charge is 2.47. The van der Waals surface area contributed by atoms with E-state index in [0.29, 0.717) is 35.8 Å². The first-order chi connectivity index (χ1) is 25.2. The van der Waals surface area contributed by atoms with E-state index < -0.39 is 0 Å². The molecule has 1 fully saturated rings. The molecule has 1 aromatic carbocycles. The number of benzene rings is 1. The van der Waals surface area contributed by atoms with Crippen LogP contribution in [0.25, 0.3) is 17.0 Å². The van der Waals surface area contributed by atoms with E-state index in [-0.39, 0.29) is 12.0 Å². The van der Waals surface area contributed by atoms with E-state index in [4.69, 9.17) is 15.0 Å². The summed E-state index contributed by atoms with van der Waals surface area (Å²) in [5.41, 5.74) is 7.70. The van der Waals surface area contributed by atoms with Crippen molar-refractivity contribution in [1.29, 1.82) is 0 Å². The van der Waals surface area contributed by atoms with Gasteiger partial charge >= 0.3 is 0 Å². The molecule has 7 unspecified atom stereocenters. The van der Waals surface area contributed by atoms with Crippen LogP contribution in [0.2, 0.25) is 0 Å². The highest BCUT2D eigenvalue weighted by molar-refractivity contribution is 5.83. The maximum absolute atomic E-state index is 5.46. The Bertz CT molecular complexity index is 2050. The number of nitrogens with zero attached hydrogens (tertiary/aromatic N) is 5. The van der Waals surface area contributed by atoms with Gasteiger partial charge in [0.2, 0.25) is 0 Å². The largest absolute Gasteiger partial charge is 0.358 e. The van der Waals surface area contributed by atoms with Crippen molar-refractivity contribution in [3.63, 3.8) is 0 Å². The van der Waals surface area contributed by atoms with Gasteiger partial charge in [0.05, 0.1) is 23.8 Å². The van der Waals surface area contributed by atoms with Crippen LogP contribution in [0.5, 0.6) is 0 Å². The highest BCUT2D eigenvalue weighted by Crippen LogP contribution is 2.50. The van der Waals surface area contributed by atoms with Crippen molar-refractivity contribution in [2.75, 3.05) is 9.80 Å². The standard InChI is InChI=1S/C46H47N5/c1-30-15-5-6-18-33(30)45-47-44(31-16-3-2-4-17-31)48-46(49-45)38-29-32(50-39-23-11-7-19-34(39)35-20-8-12-24-40(35)50)27-28-43(38)51-41-25-13-9-21-36(41)37-22-10-14-26-42(37)51/h2-4,7,9,11-14,16,18-19,21,23-31,34-36,39-41H,5-6,8,10,15,17,20,22H2,1H3/t30-,31?,34?,35?,36?,39?,40?,41?/m0/s1. The van der Waals surface area contributed by atoms with Gasteiger partial charge in [-0.25, -0.2) is 15.0 Å². The van der Waals surface area contributed by atoms with Crippen molar-refractivity contribution in [2.24, 2.45) is 23.7 Å². The first-order valence-electron chi connectivity index (χ1n) is 19.5. The Morgan fingerprint density at radius 1 is 0.725 bits per heavy atom. The van der Waals surface area contributed by atoms with Gasteiger partial charge in [0.25, 0.3) is 0 Å². The lowest BCUT2D eigenvalue weighted by Gasteiger charge is -2.35. The zero-order chi connectivity index (χ0) is 33.9. The van der Waals surface area contributed by atoms with Crippen LogP contribution in [0, 0.1) is 23.7 Å². The fourth-order valence-corrected chi connectivity index (χ4v) is 10.2. The minimum atomic E-state index is 0.131. The number of hydrogen-bond donors (Lipinski definition) is 0. The normalized spacial score (nSPS) is 32.7. The number of aromatic nitrogens is 3. The molecule has 1 saturated heterocycles. The minimum absolute atomic E-state index is 0.131. The number of allylic oxidation sites excluding steroid dienone is 13. The van der Waals surface area contributed by atoms with Crippen molar-refractivity contribution >= 4 is 16.9 Å². The molecule has 0 spiro atoms. The fourth-order valence-electron chi connectivity index (χ4n) is 10.2. The molecule has 5 nitrogen and oxygen atoms in total. The Labute approximate surface area is 302 Å². The zero-order valence-electron chi connectivity index (χ0n) is 29.6. The third-order valence-corrected chi connectivity index (χ3v) is 12.7. The van der Waals surface area contributed by atoms with Gasteiger partial charge in [-0.2, -0.15) is 0 Å². The lowest BCUT2D eigenvalue weighted by atomic mass is 9.80. The summed E-state index contributed by atoms with van der Waals surface area (Å²) in [4.78, 5) is 21.4. The lowest BCUT2D eigenvalue weighted by molar-refractivity contribution is 0.400. The van der Waals surface area contributed by atoms with Gasteiger partial charge in [0, 0.05) is 34.7 Å². The van der Waals surface area contributed by atoms with E-state index in [2.05, 4.69) is 138 Å². The Morgan fingerprint density at radius 3 is 2.49 bits per heavy atom. The van der Waals surface area contributed by atoms with E-state index >= 15 is 0 Å². The Hall–Kier alpha value is -4.77. The van der Waals surface area contributed by atoms with Crippen molar-refractivity contribution in [2.45, 2.75) is 82.3 Å². The number of hydrogen-bond acceptors (Lipinski definition) is 5. The van der Waals surface area contributed by atoms with Crippen molar-refractivity contribution < 1.29 is 0 Å². The molecule has 3 heterocycles. The quantitative estimate of drug-likeness (QED) is 0.297. The summed E-state index contributed by atoms with van der Waals surface area (Å²) in [6.07, 6.45) is 48.4. The highest BCUT2D eigenvalue weighted by atomic mass is 15.2. The van der Waals surface area contributed by atoms with Gasteiger partial charge < -0.3 is 9.80 Å². The van der Waals surface area contributed by atoms with Crippen LogP contribution in [0.4, 0.5) is 11.4 Å². The molecule has 0 amide bonds.